The summed E-state index contributed by atoms with van der Waals surface area (Å²) in [5, 5.41) is 0. The number of esters is 5. The third kappa shape index (κ3) is 24.1. The summed E-state index contributed by atoms with van der Waals surface area (Å²) in [7, 11) is 0. The van der Waals surface area contributed by atoms with Gasteiger partial charge in [0.05, 0.1) is 32.8 Å². The summed E-state index contributed by atoms with van der Waals surface area (Å²) in [4.78, 5) is 160. The van der Waals surface area contributed by atoms with E-state index in [0.29, 0.717) is 49.7 Å². The zero-order valence-corrected chi connectivity index (χ0v) is 40.1. The molecule has 0 atom stereocenters. The largest absolute Gasteiger partial charge is 0.464 e. The normalized spacial score (nSPS) is 14.1. The van der Waals surface area contributed by atoms with E-state index in [0.717, 1.165) is 19.6 Å². The van der Waals surface area contributed by atoms with Crippen molar-refractivity contribution in [3.05, 3.63) is 85.1 Å². The number of nitrogens with zero attached hydrogens (tertiary/aromatic N) is 4. The highest BCUT2D eigenvalue weighted by molar-refractivity contribution is 6.14. The van der Waals surface area contributed by atoms with E-state index in [4.69, 9.17) is 23.7 Å². The number of hydrogen-bond donors (Lipinski definition) is 0. The van der Waals surface area contributed by atoms with Crippen LogP contribution in [0.15, 0.2) is 85.1 Å². The maximum atomic E-state index is 11.6. The van der Waals surface area contributed by atoms with E-state index in [9.17, 15) is 67.1 Å². The second-order valence-electron chi connectivity index (χ2n) is 15.0. The molecular weight excluding hydrogens is 937 g/mol. The van der Waals surface area contributed by atoms with Crippen molar-refractivity contribution >= 4 is 82.9 Å². The quantitative estimate of drug-likeness (QED) is 0.0410. The molecule has 0 aromatic heterocycles. The second-order valence-corrected chi connectivity index (χ2v) is 15.0. The minimum Gasteiger partial charge on any atom is -0.464 e. The van der Waals surface area contributed by atoms with Gasteiger partial charge in [-0.25, -0.2) is 14.4 Å². The molecule has 0 aromatic carbocycles. The van der Waals surface area contributed by atoms with Crippen LogP contribution in [-0.2, 0) is 90.8 Å². The smallest absolute Gasteiger partial charge is 0.333 e. The molecule has 384 valence electrons. The third-order valence-corrected chi connectivity index (χ3v) is 9.07. The van der Waals surface area contributed by atoms with Gasteiger partial charge >= 0.3 is 29.8 Å². The lowest BCUT2D eigenvalue weighted by atomic mass is 10.1. The van der Waals surface area contributed by atoms with Crippen molar-refractivity contribution in [2.24, 2.45) is 0 Å². The molecule has 4 aliphatic rings. The van der Waals surface area contributed by atoms with Crippen molar-refractivity contribution in [1.29, 1.82) is 0 Å². The van der Waals surface area contributed by atoms with Crippen LogP contribution in [0.25, 0.3) is 0 Å². The van der Waals surface area contributed by atoms with Crippen molar-refractivity contribution in [1.82, 2.24) is 19.6 Å². The summed E-state index contributed by atoms with van der Waals surface area (Å²) >= 11 is 0. The fourth-order valence-electron chi connectivity index (χ4n) is 5.26. The standard InChI is InChI=1S/C15H19NO5.C14H17NO6.C10H11NO4.C9H11NO4/c1-11(2)15(20)21-10-4-6-12(17)5-3-9-16-13(18)7-8-14(16)19;1-10(2)14(19)21-8-3-4-13(18)20-9-7-15-11(16)5-6-12(15)17;1-7(2)10(14)15-6-5-11-8(12)3-4-9(11)13;1-2-9(13)14-6-5-10-7(11)3-4-8(10)12/h7-8H,1,3-6,9-10H2,2H3;5-6H,1,3-4,7-9H2,2H3;3-4H,1,5-6H2,2H3;3-4H,2,5-6H2,1H3. The van der Waals surface area contributed by atoms with E-state index in [-0.39, 0.29) is 118 Å². The van der Waals surface area contributed by atoms with Crippen LogP contribution in [0, 0.1) is 0 Å². The predicted molar refractivity (Wildman–Crippen MR) is 246 cm³/mol. The SMILES string of the molecule is C=C(C)C(=O)OCCCC(=O)CCCN1C(=O)C=CC1=O.C=C(C)C(=O)OCCCC(=O)OCCN1C(=O)C=CC1=O.C=C(C)C(=O)OCCN1C(=O)C=CC1=O.CCC(=O)OCCN1C(=O)C=CC1=O. The van der Waals surface area contributed by atoms with Crippen LogP contribution in [-0.4, -0.2) is 162 Å². The number of rotatable bonds is 25. The number of ketones is 1. The van der Waals surface area contributed by atoms with E-state index in [1.54, 1.807) is 13.8 Å². The maximum Gasteiger partial charge on any atom is 0.333 e. The van der Waals surface area contributed by atoms with Gasteiger partial charge < -0.3 is 23.7 Å². The van der Waals surface area contributed by atoms with Crippen LogP contribution in [0.5, 0.6) is 0 Å². The summed E-state index contributed by atoms with van der Waals surface area (Å²) in [5.74, 6) is -5.25. The molecule has 0 spiro atoms. The molecule has 4 aliphatic heterocycles. The fourth-order valence-corrected chi connectivity index (χ4v) is 5.26. The predicted octanol–water partition coefficient (Wildman–Crippen LogP) is 1.41. The van der Waals surface area contributed by atoms with E-state index in [1.165, 1.54) is 62.5 Å². The van der Waals surface area contributed by atoms with Crippen molar-refractivity contribution < 1.29 is 90.8 Å². The maximum absolute atomic E-state index is 11.6. The molecular formula is C48H58N4O19. The number of hydrogen-bond acceptors (Lipinski definition) is 19. The molecule has 23 heteroatoms. The Labute approximate surface area is 409 Å². The van der Waals surface area contributed by atoms with Gasteiger partial charge in [0.1, 0.15) is 25.6 Å². The summed E-state index contributed by atoms with van der Waals surface area (Å²) in [6.45, 7) is 17.3. The molecule has 0 bridgehead atoms. The Balaban J connectivity index is 0.000000480. The molecule has 0 radical (unpaired) electrons. The Morgan fingerprint density at radius 2 is 0.648 bits per heavy atom. The van der Waals surface area contributed by atoms with Gasteiger partial charge in [-0.1, -0.05) is 26.7 Å². The summed E-state index contributed by atoms with van der Waals surface area (Å²) in [6.07, 6.45) is 11.8. The number of ether oxygens (including phenoxy) is 5. The molecule has 0 aromatic rings. The first-order valence-electron chi connectivity index (χ1n) is 22.0. The second kappa shape index (κ2) is 32.5. The third-order valence-electron chi connectivity index (χ3n) is 9.07. The lowest BCUT2D eigenvalue weighted by molar-refractivity contribution is -0.148. The highest BCUT2D eigenvalue weighted by Gasteiger charge is 2.26. The van der Waals surface area contributed by atoms with Gasteiger partial charge in [0.15, 0.2) is 0 Å². The average Bonchev–Trinajstić information content (AvgIpc) is 4.04. The molecule has 4 heterocycles. The van der Waals surface area contributed by atoms with Gasteiger partial charge in [0.2, 0.25) is 0 Å². The highest BCUT2D eigenvalue weighted by atomic mass is 16.5. The summed E-state index contributed by atoms with van der Waals surface area (Å²) < 4.78 is 24.1. The van der Waals surface area contributed by atoms with E-state index >= 15 is 0 Å². The van der Waals surface area contributed by atoms with E-state index in [2.05, 4.69) is 19.7 Å². The average molecular weight is 995 g/mol. The number of carbonyl (C=O) groups is 14. The van der Waals surface area contributed by atoms with Crippen molar-refractivity contribution in [2.75, 3.05) is 59.2 Å². The molecule has 8 amide bonds. The molecule has 0 saturated heterocycles. The number of carbonyl (C=O) groups excluding carboxylic acids is 14. The topological polar surface area (TPSA) is 298 Å². The van der Waals surface area contributed by atoms with Crippen LogP contribution in [0.1, 0.15) is 72.6 Å². The van der Waals surface area contributed by atoms with E-state index in [1.807, 2.05) is 0 Å². The number of amides is 8. The Hall–Kier alpha value is -8.24. The minimum atomic E-state index is -0.526. The molecule has 0 fully saturated rings. The van der Waals surface area contributed by atoms with Crippen LogP contribution in [0.4, 0.5) is 0 Å². The van der Waals surface area contributed by atoms with Gasteiger partial charge in [-0.2, -0.15) is 0 Å². The van der Waals surface area contributed by atoms with Gasteiger partial charge in [-0.05, 0) is 40.0 Å². The van der Waals surface area contributed by atoms with Gasteiger partial charge in [0, 0.05) is 97.6 Å². The highest BCUT2D eigenvalue weighted by Crippen LogP contribution is 2.09. The first kappa shape index (κ1) is 60.8. The number of imide groups is 4. The molecule has 4 rings (SSSR count). The van der Waals surface area contributed by atoms with E-state index < -0.39 is 35.7 Å². The minimum absolute atomic E-state index is 0.00907. The Bertz CT molecular complexity index is 2090. The van der Waals surface area contributed by atoms with Gasteiger partial charge in [-0.3, -0.25) is 72.3 Å². The summed E-state index contributed by atoms with van der Waals surface area (Å²) in [6, 6.07) is 0. The van der Waals surface area contributed by atoms with Crippen LogP contribution in [0.3, 0.4) is 0 Å². The van der Waals surface area contributed by atoms with Crippen molar-refractivity contribution in [3.63, 3.8) is 0 Å². The molecule has 0 saturated carbocycles. The zero-order valence-electron chi connectivity index (χ0n) is 40.1. The Kier molecular flexibility index (Phi) is 27.8. The van der Waals surface area contributed by atoms with Gasteiger partial charge in [0.25, 0.3) is 47.3 Å². The van der Waals surface area contributed by atoms with Crippen LogP contribution in [0.2, 0.25) is 0 Å². The molecule has 71 heavy (non-hydrogen) atoms. The van der Waals surface area contributed by atoms with Crippen LogP contribution >= 0.6 is 0 Å². The van der Waals surface area contributed by atoms with Crippen LogP contribution < -0.4 is 0 Å². The molecule has 0 N–H and O–H groups in total. The first-order chi connectivity index (χ1) is 33.5. The fraction of sp³-hybridized carbons (Fsp3) is 0.417. The first-order valence-corrected chi connectivity index (χ1v) is 22.0. The monoisotopic (exact) mass is 994 g/mol. The number of Topliss-reactive ketones (excluding diaryl/α,β-unsaturated/α-hetero) is 1. The van der Waals surface area contributed by atoms with Crippen molar-refractivity contribution in [2.45, 2.75) is 72.6 Å². The zero-order chi connectivity index (χ0) is 53.6. The van der Waals surface area contributed by atoms with Gasteiger partial charge in [-0.15, -0.1) is 0 Å². The summed E-state index contributed by atoms with van der Waals surface area (Å²) in [5.41, 5.74) is 0.910. The molecule has 23 nitrogen and oxygen atoms in total. The van der Waals surface area contributed by atoms with Crippen molar-refractivity contribution in [3.8, 4) is 0 Å². The lowest BCUT2D eigenvalue weighted by Gasteiger charge is -2.13. The Morgan fingerprint density at radius 1 is 0.380 bits per heavy atom. The molecule has 0 aliphatic carbocycles. The lowest BCUT2D eigenvalue weighted by Crippen LogP contribution is -2.33. The Morgan fingerprint density at radius 3 is 0.972 bits per heavy atom. The molecule has 0 unspecified atom stereocenters.